The van der Waals surface area contributed by atoms with Crippen LogP contribution in [0.15, 0.2) is 39.8 Å². The molecule has 0 amide bonds. The van der Waals surface area contributed by atoms with Crippen LogP contribution in [0, 0.1) is 0 Å². The predicted octanol–water partition coefficient (Wildman–Crippen LogP) is 2.72. The Bertz CT molecular complexity index is 897. The smallest absolute Gasteiger partial charge is 0.215 e. The average Bonchev–Trinajstić information content (AvgIpc) is 3.13. The highest BCUT2D eigenvalue weighted by molar-refractivity contribution is 14.0. The minimum absolute atomic E-state index is 0. The van der Waals surface area contributed by atoms with Gasteiger partial charge in [-0.05, 0) is 31.0 Å². The number of halogens is 1. The Morgan fingerprint density at radius 2 is 1.93 bits per heavy atom. The predicted molar refractivity (Wildman–Crippen MR) is 126 cm³/mol. The molecule has 0 aliphatic carbocycles. The van der Waals surface area contributed by atoms with Crippen LogP contribution in [0.2, 0.25) is 0 Å². The van der Waals surface area contributed by atoms with E-state index in [0.29, 0.717) is 25.0 Å². The molecule has 2 rings (SSSR count). The lowest BCUT2D eigenvalue weighted by Crippen LogP contribution is -2.36. The lowest BCUT2D eigenvalue weighted by Gasteiger charge is -2.10. The number of sulfonamides is 1. The number of hydrogen-bond donors (Lipinski definition) is 3. The average molecular weight is 535 g/mol. The van der Waals surface area contributed by atoms with E-state index in [-0.39, 0.29) is 29.7 Å². The van der Waals surface area contributed by atoms with Gasteiger partial charge in [0.15, 0.2) is 11.7 Å². The molecule has 162 valence electrons. The molecule has 1 aromatic carbocycles. The maximum atomic E-state index is 11.7. The van der Waals surface area contributed by atoms with Crippen molar-refractivity contribution < 1.29 is 12.9 Å². The van der Waals surface area contributed by atoms with Gasteiger partial charge in [-0.2, -0.15) is 0 Å². The van der Waals surface area contributed by atoms with Crippen LogP contribution in [0.5, 0.6) is 0 Å². The van der Waals surface area contributed by atoms with Crippen molar-refractivity contribution in [1.82, 2.24) is 20.5 Å². The Morgan fingerprint density at radius 1 is 1.21 bits per heavy atom. The van der Waals surface area contributed by atoms with Gasteiger partial charge in [0.1, 0.15) is 0 Å². The minimum Gasteiger partial charge on any atom is -0.359 e. The first-order valence-electron chi connectivity index (χ1n) is 9.29. The van der Waals surface area contributed by atoms with Gasteiger partial charge in [-0.25, -0.2) is 18.1 Å². The molecule has 0 bridgehead atoms. The van der Waals surface area contributed by atoms with Crippen LogP contribution >= 0.6 is 24.0 Å². The lowest BCUT2D eigenvalue weighted by atomic mass is 10.1. The molecule has 29 heavy (non-hydrogen) atoms. The molecule has 0 spiro atoms. The number of guanidine groups is 1. The summed E-state index contributed by atoms with van der Waals surface area (Å²) in [6.07, 6.45) is 0. The molecule has 0 radical (unpaired) electrons. The molecular formula is C19H30IN5O3S. The summed E-state index contributed by atoms with van der Waals surface area (Å²) in [5.41, 5.74) is 2.58. The van der Waals surface area contributed by atoms with E-state index in [1.54, 1.807) is 6.07 Å². The van der Waals surface area contributed by atoms with Crippen LogP contribution in [-0.4, -0.2) is 33.1 Å². The first-order valence-corrected chi connectivity index (χ1v) is 10.9. The lowest BCUT2D eigenvalue weighted by molar-refractivity contribution is 0.372. The van der Waals surface area contributed by atoms with Gasteiger partial charge >= 0.3 is 0 Å². The number of aliphatic imine (C=N–C) groups is 1. The van der Waals surface area contributed by atoms with E-state index in [2.05, 4.69) is 39.4 Å². The van der Waals surface area contributed by atoms with Gasteiger partial charge in [-0.1, -0.05) is 43.3 Å². The van der Waals surface area contributed by atoms with Crippen LogP contribution < -0.4 is 15.4 Å². The van der Waals surface area contributed by atoms with E-state index in [1.165, 1.54) is 7.05 Å². The molecule has 0 aliphatic rings. The minimum atomic E-state index is -3.30. The van der Waals surface area contributed by atoms with E-state index < -0.39 is 10.0 Å². The Kier molecular flexibility index (Phi) is 10.6. The number of hydrogen-bond acceptors (Lipinski definition) is 5. The van der Waals surface area contributed by atoms with Gasteiger partial charge in [0, 0.05) is 12.6 Å². The zero-order valence-corrected chi connectivity index (χ0v) is 20.4. The number of aromatic nitrogens is 1. The number of benzene rings is 1. The second-order valence-corrected chi connectivity index (χ2v) is 8.63. The van der Waals surface area contributed by atoms with Crippen LogP contribution in [0.25, 0.3) is 0 Å². The van der Waals surface area contributed by atoms with E-state index in [4.69, 9.17) is 4.52 Å². The Balaban J connectivity index is 0.00000420. The van der Waals surface area contributed by atoms with E-state index in [1.807, 2.05) is 31.2 Å². The topological polar surface area (TPSA) is 109 Å². The van der Waals surface area contributed by atoms with Crippen molar-refractivity contribution >= 4 is 40.0 Å². The van der Waals surface area contributed by atoms with Crippen molar-refractivity contribution in [2.24, 2.45) is 4.99 Å². The maximum Gasteiger partial charge on any atom is 0.215 e. The van der Waals surface area contributed by atoms with E-state index >= 15 is 0 Å². The normalized spacial score (nSPS) is 12.0. The fraction of sp³-hybridized carbons (Fsp3) is 0.474. The fourth-order valence-corrected chi connectivity index (χ4v) is 3.24. The molecular weight excluding hydrogens is 505 g/mol. The summed E-state index contributed by atoms with van der Waals surface area (Å²) >= 11 is 0. The molecule has 1 aromatic heterocycles. The maximum absolute atomic E-state index is 11.7. The van der Waals surface area contributed by atoms with Crippen LogP contribution in [0.3, 0.4) is 0 Å². The molecule has 0 fully saturated rings. The summed E-state index contributed by atoms with van der Waals surface area (Å²) in [6, 6.07) is 9.35. The second-order valence-electron chi connectivity index (χ2n) is 6.70. The standard InChI is InChI=1S/C19H29N5O3S.HI/c1-5-21-19(23-12-17-10-18(14(2)3)24-27-17)22-11-15-7-6-8-16(9-15)13-28(25,26)20-4;/h6-10,14,20H,5,11-13H2,1-4H3,(H2,21,22,23);1H. The highest BCUT2D eigenvalue weighted by atomic mass is 127. The van der Waals surface area contributed by atoms with E-state index in [9.17, 15) is 8.42 Å². The summed E-state index contributed by atoms with van der Waals surface area (Å²) in [7, 11) is -1.89. The molecule has 0 atom stereocenters. The van der Waals surface area contributed by atoms with Crippen molar-refractivity contribution in [2.45, 2.75) is 45.5 Å². The quantitative estimate of drug-likeness (QED) is 0.259. The van der Waals surface area contributed by atoms with E-state index in [0.717, 1.165) is 29.1 Å². The number of rotatable bonds is 9. The highest BCUT2D eigenvalue weighted by Crippen LogP contribution is 2.14. The third kappa shape index (κ3) is 8.70. The molecule has 3 N–H and O–H groups in total. The molecule has 10 heteroatoms. The molecule has 8 nitrogen and oxygen atoms in total. The summed E-state index contributed by atoms with van der Waals surface area (Å²) in [6.45, 7) is 7.75. The van der Waals surface area contributed by atoms with Gasteiger partial charge in [-0.15, -0.1) is 24.0 Å². The SMILES string of the molecule is CCNC(=NCc1cccc(CS(=O)(=O)NC)c1)NCc1cc(C(C)C)no1.I. The first kappa shape index (κ1) is 25.4. The molecule has 1 heterocycles. The van der Waals surface area contributed by atoms with Crippen molar-refractivity contribution in [3.05, 3.63) is 52.9 Å². The Morgan fingerprint density at radius 3 is 2.55 bits per heavy atom. The third-order valence-corrected chi connectivity index (χ3v) is 5.36. The van der Waals surface area contributed by atoms with Gasteiger partial charge in [0.25, 0.3) is 0 Å². The molecule has 0 saturated heterocycles. The number of nitrogens with zero attached hydrogens (tertiary/aromatic N) is 2. The zero-order chi connectivity index (χ0) is 20.6. The van der Waals surface area contributed by atoms with Crippen LogP contribution in [0.4, 0.5) is 0 Å². The Hall–Kier alpha value is -1.66. The van der Waals surface area contributed by atoms with Crippen LogP contribution in [-0.2, 0) is 28.9 Å². The largest absolute Gasteiger partial charge is 0.359 e. The summed E-state index contributed by atoms with van der Waals surface area (Å²) in [5, 5.41) is 10.5. The van der Waals surface area contributed by atoms with Crippen molar-refractivity contribution in [1.29, 1.82) is 0 Å². The van der Waals surface area contributed by atoms with Gasteiger partial charge in [0.2, 0.25) is 10.0 Å². The highest BCUT2D eigenvalue weighted by Gasteiger charge is 2.10. The summed E-state index contributed by atoms with van der Waals surface area (Å²) in [4.78, 5) is 4.57. The summed E-state index contributed by atoms with van der Waals surface area (Å²) in [5.74, 6) is 1.66. The molecule has 0 unspecified atom stereocenters. The van der Waals surface area contributed by atoms with Gasteiger partial charge < -0.3 is 15.2 Å². The van der Waals surface area contributed by atoms with Gasteiger partial charge in [-0.3, -0.25) is 0 Å². The van der Waals surface area contributed by atoms with Crippen LogP contribution in [0.1, 0.15) is 49.3 Å². The fourth-order valence-electron chi connectivity index (χ4n) is 2.48. The zero-order valence-electron chi connectivity index (χ0n) is 17.2. The molecule has 2 aromatic rings. The first-order chi connectivity index (χ1) is 13.3. The molecule has 0 saturated carbocycles. The second kappa shape index (κ2) is 12.1. The van der Waals surface area contributed by atoms with Crippen molar-refractivity contribution in [3.8, 4) is 0 Å². The summed E-state index contributed by atoms with van der Waals surface area (Å²) < 4.78 is 31.1. The van der Waals surface area contributed by atoms with Crippen molar-refractivity contribution in [2.75, 3.05) is 13.6 Å². The van der Waals surface area contributed by atoms with Gasteiger partial charge in [0.05, 0.1) is 24.5 Å². The Labute approximate surface area is 190 Å². The monoisotopic (exact) mass is 535 g/mol. The third-order valence-electron chi connectivity index (χ3n) is 4.02. The van der Waals surface area contributed by atoms with Crippen molar-refractivity contribution in [3.63, 3.8) is 0 Å². The number of nitrogens with one attached hydrogen (secondary N) is 3. The molecule has 0 aliphatic heterocycles.